The topological polar surface area (TPSA) is 20.6 Å². The van der Waals surface area contributed by atoms with E-state index in [1.54, 1.807) is 5.19 Å². The molecule has 0 spiro atoms. The quantitative estimate of drug-likeness (QED) is 0.148. The van der Waals surface area contributed by atoms with Crippen molar-refractivity contribution in [2.75, 3.05) is 0 Å². The molecule has 0 aliphatic carbocycles. The molecular weight excluding hydrogens is 563 g/mol. The third-order valence-corrected chi connectivity index (χ3v) is 12.0. The van der Waals surface area contributed by atoms with Crippen LogP contribution in [0.2, 0.25) is 19.6 Å². The van der Waals surface area contributed by atoms with Crippen LogP contribution in [0.25, 0.3) is 39.3 Å². The molecule has 0 bridgehead atoms. The lowest BCUT2D eigenvalue weighted by Gasteiger charge is -2.32. The maximum atomic E-state index is 4.99. The first kappa shape index (κ1) is 29.6. The van der Waals surface area contributed by atoms with Crippen molar-refractivity contribution in [2.24, 2.45) is 0 Å². The smallest absolute Gasteiger partial charge is 0.249 e. The fourth-order valence-corrected chi connectivity index (χ4v) is 9.58. The Kier molecular flexibility index (Phi) is 7.24. The molecule has 0 N–H and O–H groups in total. The van der Waals surface area contributed by atoms with Gasteiger partial charge in [-0.2, -0.15) is 9.13 Å². The van der Waals surface area contributed by atoms with Crippen LogP contribution in [0.15, 0.2) is 97.8 Å². The normalized spacial score (nSPS) is 17.3. The molecule has 226 valence electrons. The standard InChI is InChI=1S/C41H45N3Si/c1-26(2)37-23-39-35-16-12-11-15-34(35)36-19-17-30-13-9-10-14-33(30)38-20-18-31(32-21-27(3)42-28(4)22-32)24-43(38)29(5)41(36)44(39)25-40(37)45(6,7)8/h9-16,18,20-26,36,41H,5,17,19H2,1-4,6-8H3/q+2. The molecule has 3 aromatic heterocycles. The largest absolute Gasteiger partial charge is 0.258 e. The van der Waals surface area contributed by atoms with Gasteiger partial charge in [0.1, 0.15) is 0 Å². The average molecular weight is 608 g/mol. The first-order valence-electron chi connectivity index (χ1n) is 16.5. The Morgan fingerprint density at radius 3 is 2.20 bits per heavy atom. The molecule has 2 aliphatic heterocycles. The molecule has 5 heterocycles. The number of allylic oxidation sites excluding steroid dienone is 1. The summed E-state index contributed by atoms with van der Waals surface area (Å²) in [5, 5.41) is 1.55. The lowest BCUT2D eigenvalue weighted by molar-refractivity contribution is -0.726. The van der Waals surface area contributed by atoms with Gasteiger partial charge in [-0.1, -0.05) is 69.9 Å². The Bertz CT molecular complexity index is 1960. The molecule has 2 unspecified atom stereocenters. The Balaban J connectivity index is 1.53. The van der Waals surface area contributed by atoms with Gasteiger partial charge in [0.05, 0.1) is 14.0 Å². The summed E-state index contributed by atoms with van der Waals surface area (Å²) >= 11 is 0. The van der Waals surface area contributed by atoms with E-state index >= 15 is 0 Å². The number of hydrogen-bond donors (Lipinski definition) is 0. The molecule has 2 aromatic carbocycles. The lowest BCUT2D eigenvalue weighted by Crippen LogP contribution is -2.57. The molecule has 0 saturated carbocycles. The molecular formula is C41H45N3Si+2. The summed E-state index contributed by atoms with van der Waals surface area (Å²) in [7, 11) is -1.65. The number of aromatic nitrogens is 3. The van der Waals surface area contributed by atoms with Gasteiger partial charge in [0, 0.05) is 45.4 Å². The monoisotopic (exact) mass is 607 g/mol. The van der Waals surface area contributed by atoms with E-state index in [2.05, 4.69) is 153 Å². The van der Waals surface area contributed by atoms with Crippen molar-refractivity contribution in [1.29, 1.82) is 0 Å². The number of aryl methyl sites for hydroxylation is 3. The second-order valence-corrected chi connectivity index (χ2v) is 19.5. The summed E-state index contributed by atoms with van der Waals surface area (Å²) in [6.45, 7) is 21.3. The number of nitrogens with zero attached hydrogens (tertiary/aromatic N) is 3. The van der Waals surface area contributed by atoms with Crippen molar-refractivity contribution in [3.8, 4) is 33.6 Å². The van der Waals surface area contributed by atoms with Crippen molar-refractivity contribution in [1.82, 2.24) is 4.98 Å². The van der Waals surface area contributed by atoms with E-state index in [1.165, 1.54) is 50.3 Å². The second kappa shape index (κ2) is 11.0. The molecule has 0 radical (unpaired) electrons. The molecule has 0 fully saturated rings. The molecule has 2 aliphatic rings. The first-order chi connectivity index (χ1) is 21.5. The summed E-state index contributed by atoms with van der Waals surface area (Å²) in [5.41, 5.74) is 15.1. The zero-order chi connectivity index (χ0) is 31.6. The molecule has 45 heavy (non-hydrogen) atoms. The third kappa shape index (κ3) is 5.09. The molecule has 7 rings (SSSR count). The summed E-state index contributed by atoms with van der Waals surface area (Å²) in [5.74, 6) is 0.761. The predicted octanol–water partition coefficient (Wildman–Crippen LogP) is 8.70. The molecule has 2 atom stereocenters. The summed E-state index contributed by atoms with van der Waals surface area (Å²) in [6.07, 6.45) is 6.95. The fourth-order valence-electron chi connectivity index (χ4n) is 7.83. The van der Waals surface area contributed by atoms with E-state index in [1.807, 2.05) is 0 Å². The minimum atomic E-state index is -1.65. The molecule has 3 nitrogen and oxygen atoms in total. The van der Waals surface area contributed by atoms with Crippen LogP contribution in [0, 0.1) is 13.8 Å². The van der Waals surface area contributed by atoms with Crippen molar-refractivity contribution in [3.05, 3.63) is 126 Å². The van der Waals surface area contributed by atoms with Crippen LogP contribution in [0.4, 0.5) is 0 Å². The highest BCUT2D eigenvalue weighted by Gasteiger charge is 2.48. The Morgan fingerprint density at radius 2 is 1.49 bits per heavy atom. The SMILES string of the molecule is C=C1C2C(CCc3ccccc3-c3ccc(-c4cc(C)nc(C)c4)c[n+]31)c1ccccc1-c1cc(C(C)C)c([Si](C)(C)C)c[n+]12. The Morgan fingerprint density at radius 1 is 0.800 bits per heavy atom. The van der Waals surface area contributed by atoms with Crippen molar-refractivity contribution >= 4 is 19.0 Å². The van der Waals surface area contributed by atoms with E-state index < -0.39 is 8.07 Å². The maximum absolute atomic E-state index is 4.99. The summed E-state index contributed by atoms with van der Waals surface area (Å²) in [4.78, 5) is 4.65. The number of fused-ring (bicyclic) bond motifs is 9. The van der Waals surface area contributed by atoms with E-state index in [0.29, 0.717) is 11.8 Å². The number of pyridine rings is 3. The van der Waals surface area contributed by atoms with Crippen LogP contribution in [-0.4, -0.2) is 13.1 Å². The molecule has 0 amide bonds. The summed E-state index contributed by atoms with van der Waals surface area (Å²) < 4.78 is 5.03. The minimum absolute atomic E-state index is 0.0837. The van der Waals surface area contributed by atoms with Crippen LogP contribution in [0.1, 0.15) is 66.2 Å². The number of benzene rings is 2. The van der Waals surface area contributed by atoms with E-state index in [9.17, 15) is 0 Å². The van der Waals surface area contributed by atoms with Gasteiger partial charge in [-0.15, -0.1) is 0 Å². The van der Waals surface area contributed by atoms with Crippen LogP contribution in [0.5, 0.6) is 0 Å². The van der Waals surface area contributed by atoms with Crippen molar-refractivity contribution in [3.63, 3.8) is 0 Å². The van der Waals surface area contributed by atoms with Crippen LogP contribution >= 0.6 is 0 Å². The van der Waals surface area contributed by atoms with Gasteiger partial charge in [0.2, 0.25) is 23.1 Å². The van der Waals surface area contributed by atoms with Gasteiger partial charge in [-0.05, 0) is 91.8 Å². The van der Waals surface area contributed by atoms with Crippen LogP contribution < -0.4 is 14.3 Å². The molecule has 0 saturated heterocycles. The number of rotatable bonds is 3. The highest BCUT2D eigenvalue weighted by molar-refractivity contribution is 6.89. The van der Waals surface area contributed by atoms with E-state index in [4.69, 9.17) is 6.58 Å². The Hall–Kier alpha value is -4.15. The predicted molar refractivity (Wildman–Crippen MR) is 189 cm³/mol. The molecule has 5 aromatic rings. The van der Waals surface area contributed by atoms with Gasteiger partial charge in [0.25, 0.3) is 0 Å². The first-order valence-corrected chi connectivity index (χ1v) is 20.0. The van der Waals surface area contributed by atoms with Gasteiger partial charge >= 0.3 is 0 Å². The van der Waals surface area contributed by atoms with Crippen LogP contribution in [-0.2, 0) is 6.42 Å². The highest BCUT2D eigenvalue weighted by atomic mass is 28.3. The lowest BCUT2D eigenvalue weighted by atomic mass is 9.78. The zero-order valence-corrected chi connectivity index (χ0v) is 28.9. The fraction of sp³-hybridized carbons (Fsp3) is 0.293. The minimum Gasteiger partial charge on any atom is -0.258 e. The van der Waals surface area contributed by atoms with Gasteiger partial charge in [0.15, 0.2) is 12.4 Å². The van der Waals surface area contributed by atoms with E-state index in [-0.39, 0.29) is 6.04 Å². The Labute approximate surface area is 270 Å². The number of hydrogen-bond acceptors (Lipinski definition) is 1. The highest BCUT2D eigenvalue weighted by Crippen LogP contribution is 2.45. The van der Waals surface area contributed by atoms with Crippen molar-refractivity contribution < 1.29 is 9.13 Å². The molecule has 4 heteroatoms. The third-order valence-electron chi connectivity index (χ3n) is 9.93. The van der Waals surface area contributed by atoms with E-state index in [0.717, 1.165) is 29.9 Å². The maximum Gasteiger partial charge on any atom is 0.249 e. The zero-order valence-electron chi connectivity index (χ0n) is 27.9. The average Bonchev–Trinajstić information content (AvgIpc) is 3.06. The summed E-state index contributed by atoms with van der Waals surface area (Å²) in [6, 6.07) is 29.7. The van der Waals surface area contributed by atoms with Gasteiger partial charge in [-0.3, -0.25) is 4.98 Å². The van der Waals surface area contributed by atoms with Crippen LogP contribution in [0.3, 0.4) is 0 Å². The van der Waals surface area contributed by atoms with Gasteiger partial charge in [-0.25, -0.2) is 0 Å². The van der Waals surface area contributed by atoms with Gasteiger partial charge < -0.3 is 0 Å². The van der Waals surface area contributed by atoms with Crippen molar-refractivity contribution in [2.45, 2.75) is 78.1 Å². The second-order valence-electron chi connectivity index (χ2n) is 14.5.